The van der Waals surface area contributed by atoms with E-state index in [2.05, 4.69) is 53.6 Å². The van der Waals surface area contributed by atoms with Crippen molar-refractivity contribution in [2.45, 2.75) is 44.9 Å². The first-order valence-corrected chi connectivity index (χ1v) is 7.89. The normalized spacial score (nSPS) is 19.2. The Bertz CT molecular complexity index is 593. The van der Waals surface area contributed by atoms with E-state index in [0.29, 0.717) is 5.92 Å². The number of aromatic nitrogens is 2. The first-order valence-electron chi connectivity index (χ1n) is 7.89. The highest BCUT2D eigenvalue weighted by Gasteiger charge is 2.25. The van der Waals surface area contributed by atoms with E-state index in [1.807, 2.05) is 0 Å². The predicted octanol–water partition coefficient (Wildman–Crippen LogP) is 3.06. The lowest BCUT2D eigenvalue weighted by Gasteiger charge is -2.21. The monoisotopic (exact) mass is 285 g/mol. The topological polar surface area (TPSA) is 51.0 Å². The summed E-state index contributed by atoms with van der Waals surface area (Å²) in [6, 6.07) is 8.68. The van der Waals surface area contributed by atoms with Gasteiger partial charge in [0.2, 0.25) is 5.89 Å². The molecular formula is C17H23N3O. The highest BCUT2D eigenvalue weighted by atomic mass is 16.5. The lowest BCUT2D eigenvalue weighted by molar-refractivity contribution is 0.347. The molecule has 0 aliphatic heterocycles. The fourth-order valence-corrected chi connectivity index (χ4v) is 2.98. The van der Waals surface area contributed by atoms with Gasteiger partial charge in [0.25, 0.3) is 0 Å². The summed E-state index contributed by atoms with van der Waals surface area (Å²) in [5.74, 6) is 2.29. The predicted molar refractivity (Wildman–Crippen MR) is 82.5 cm³/mol. The van der Waals surface area contributed by atoms with E-state index < -0.39 is 0 Å². The van der Waals surface area contributed by atoms with Gasteiger partial charge < -0.3 is 9.84 Å². The van der Waals surface area contributed by atoms with Gasteiger partial charge in [0.05, 0.1) is 0 Å². The van der Waals surface area contributed by atoms with Crippen molar-refractivity contribution in [2.75, 3.05) is 13.1 Å². The minimum absolute atomic E-state index is 0.266. The van der Waals surface area contributed by atoms with E-state index in [4.69, 9.17) is 4.52 Å². The third kappa shape index (κ3) is 3.16. The highest BCUT2D eigenvalue weighted by molar-refractivity contribution is 5.31. The molecule has 0 spiro atoms. The van der Waals surface area contributed by atoms with E-state index in [-0.39, 0.29) is 5.92 Å². The number of hydrogen-bond donors (Lipinski definition) is 1. The van der Waals surface area contributed by atoms with Gasteiger partial charge in [-0.15, -0.1) is 0 Å². The fourth-order valence-electron chi connectivity index (χ4n) is 2.98. The molecule has 2 aromatic rings. The van der Waals surface area contributed by atoms with E-state index in [1.165, 1.54) is 11.1 Å². The van der Waals surface area contributed by atoms with Crippen LogP contribution in [0.1, 0.15) is 54.9 Å². The average molecular weight is 285 g/mol. The first kappa shape index (κ1) is 14.3. The van der Waals surface area contributed by atoms with Crippen LogP contribution in [0.4, 0.5) is 0 Å². The Morgan fingerprint density at radius 2 is 2.14 bits per heavy atom. The minimum atomic E-state index is 0.266. The molecule has 2 atom stereocenters. The molecule has 1 aliphatic rings. The zero-order chi connectivity index (χ0) is 14.7. The average Bonchev–Trinajstić information content (AvgIpc) is 3.02. The molecule has 21 heavy (non-hydrogen) atoms. The Kier molecular flexibility index (Phi) is 4.34. The van der Waals surface area contributed by atoms with Gasteiger partial charge in [-0.05, 0) is 36.9 Å². The van der Waals surface area contributed by atoms with Crippen molar-refractivity contribution in [3.05, 3.63) is 47.1 Å². The summed E-state index contributed by atoms with van der Waals surface area (Å²) in [5.41, 5.74) is 2.90. The van der Waals surface area contributed by atoms with Crippen LogP contribution in [-0.4, -0.2) is 23.2 Å². The Hall–Kier alpha value is -1.68. The quantitative estimate of drug-likeness (QED) is 0.917. The Morgan fingerprint density at radius 1 is 1.33 bits per heavy atom. The lowest BCUT2D eigenvalue weighted by atomic mass is 9.83. The first-order chi connectivity index (χ1) is 10.3. The van der Waals surface area contributed by atoms with Gasteiger partial charge in [0.15, 0.2) is 5.82 Å². The van der Waals surface area contributed by atoms with Crippen LogP contribution < -0.4 is 5.32 Å². The molecule has 3 rings (SSSR count). The highest BCUT2D eigenvalue weighted by Crippen LogP contribution is 2.31. The minimum Gasteiger partial charge on any atom is -0.339 e. The molecule has 0 radical (unpaired) electrons. The van der Waals surface area contributed by atoms with Crippen LogP contribution in [0.5, 0.6) is 0 Å². The second-order valence-corrected chi connectivity index (χ2v) is 5.91. The molecule has 4 nitrogen and oxygen atoms in total. The largest absolute Gasteiger partial charge is 0.339 e. The summed E-state index contributed by atoms with van der Waals surface area (Å²) in [7, 11) is 0. The molecular weight excluding hydrogens is 262 g/mol. The molecule has 1 aromatic heterocycles. The summed E-state index contributed by atoms with van der Waals surface area (Å²) in [6.07, 6.45) is 3.24. The van der Waals surface area contributed by atoms with E-state index in [1.54, 1.807) is 0 Å². The number of hydrogen-bond acceptors (Lipinski definition) is 4. The molecule has 1 aromatic carbocycles. The van der Waals surface area contributed by atoms with Crippen molar-refractivity contribution in [3.63, 3.8) is 0 Å². The van der Waals surface area contributed by atoms with Gasteiger partial charge in [-0.25, -0.2) is 0 Å². The summed E-state index contributed by atoms with van der Waals surface area (Å²) in [4.78, 5) is 4.64. The maximum Gasteiger partial charge on any atom is 0.230 e. The standard InChI is InChI=1S/C17H23N3O/c1-3-18-11-12(2)17-19-16(20-21-17)15-9-8-13-6-4-5-7-14(13)10-15/h4-7,12,15,18H,3,8-11H2,1-2H3. The van der Waals surface area contributed by atoms with Crippen molar-refractivity contribution in [2.24, 2.45) is 0 Å². The number of rotatable bonds is 5. The van der Waals surface area contributed by atoms with Crippen LogP contribution in [-0.2, 0) is 12.8 Å². The van der Waals surface area contributed by atoms with Gasteiger partial charge in [0, 0.05) is 18.4 Å². The van der Waals surface area contributed by atoms with Gasteiger partial charge in [-0.2, -0.15) is 4.98 Å². The smallest absolute Gasteiger partial charge is 0.230 e. The second-order valence-electron chi connectivity index (χ2n) is 5.91. The molecule has 0 fully saturated rings. The summed E-state index contributed by atoms with van der Waals surface area (Å²) < 4.78 is 5.46. The van der Waals surface area contributed by atoms with Crippen LogP contribution in [0.2, 0.25) is 0 Å². The Morgan fingerprint density at radius 3 is 2.95 bits per heavy atom. The van der Waals surface area contributed by atoms with Crippen molar-refractivity contribution in [3.8, 4) is 0 Å². The van der Waals surface area contributed by atoms with Crippen molar-refractivity contribution in [1.29, 1.82) is 0 Å². The number of nitrogens with zero attached hydrogens (tertiary/aromatic N) is 2. The molecule has 0 saturated heterocycles. The van der Waals surface area contributed by atoms with Gasteiger partial charge in [0.1, 0.15) is 0 Å². The maximum atomic E-state index is 5.46. The molecule has 1 N–H and O–H groups in total. The van der Waals surface area contributed by atoms with E-state index in [9.17, 15) is 0 Å². The Balaban J connectivity index is 1.70. The molecule has 4 heteroatoms. The van der Waals surface area contributed by atoms with E-state index >= 15 is 0 Å². The van der Waals surface area contributed by atoms with E-state index in [0.717, 1.165) is 44.1 Å². The molecule has 2 unspecified atom stereocenters. The molecule has 0 amide bonds. The molecule has 0 saturated carbocycles. The molecule has 1 aliphatic carbocycles. The van der Waals surface area contributed by atoms with Crippen LogP contribution in [0.15, 0.2) is 28.8 Å². The number of likely N-dealkylation sites (N-methyl/N-ethyl adjacent to an activating group) is 1. The number of aryl methyl sites for hydroxylation is 1. The summed E-state index contributed by atoms with van der Waals surface area (Å²) in [6.45, 7) is 6.07. The zero-order valence-electron chi connectivity index (χ0n) is 12.8. The van der Waals surface area contributed by atoms with Crippen LogP contribution in [0, 0.1) is 0 Å². The Labute approximate surface area is 126 Å². The lowest BCUT2D eigenvalue weighted by Crippen LogP contribution is -2.19. The number of fused-ring (bicyclic) bond motifs is 1. The van der Waals surface area contributed by atoms with Crippen molar-refractivity contribution in [1.82, 2.24) is 15.5 Å². The van der Waals surface area contributed by atoms with Crippen molar-refractivity contribution < 1.29 is 4.52 Å². The molecule has 1 heterocycles. The zero-order valence-corrected chi connectivity index (χ0v) is 12.8. The third-order valence-electron chi connectivity index (χ3n) is 4.29. The van der Waals surface area contributed by atoms with Crippen LogP contribution in [0.3, 0.4) is 0 Å². The summed E-state index contributed by atoms with van der Waals surface area (Å²) in [5, 5.41) is 7.55. The SMILES string of the molecule is CCNCC(C)c1nc(C2CCc3ccccc3C2)no1. The van der Waals surface area contributed by atoms with Gasteiger partial charge in [-0.1, -0.05) is 43.3 Å². The van der Waals surface area contributed by atoms with Gasteiger partial charge in [-0.3, -0.25) is 0 Å². The number of benzene rings is 1. The molecule has 0 bridgehead atoms. The van der Waals surface area contributed by atoms with Gasteiger partial charge >= 0.3 is 0 Å². The van der Waals surface area contributed by atoms with Crippen LogP contribution >= 0.6 is 0 Å². The third-order valence-corrected chi connectivity index (χ3v) is 4.29. The molecule has 112 valence electrons. The fraction of sp³-hybridized carbons (Fsp3) is 0.529. The van der Waals surface area contributed by atoms with Crippen LogP contribution in [0.25, 0.3) is 0 Å². The van der Waals surface area contributed by atoms with Crippen molar-refractivity contribution >= 4 is 0 Å². The number of nitrogens with one attached hydrogen (secondary N) is 1. The summed E-state index contributed by atoms with van der Waals surface area (Å²) >= 11 is 0. The second kappa shape index (κ2) is 6.39. The maximum absolute atomic E-state index is 5.46.